The molecule has 2 amide bonds. The first kappa shape index (κ1) is 29.6. The summed E-state index contributed by atoms with van der Waals surface area (Å²) in [4.78, 5) is 27.7. The Kier molecular flexibility index (Phi) is 10.8. The van der Waals surface area contributed by atoms with Crippen LogP contribution >= 0.6 is 11.6 Å². The molecule has 2 aromatic rings. The van der Waals surface area contributed by atoms with E-state index in [1.54, 1.807) is 30.0 Å². The topological polar surface area (TPSA) is 86.8 Å². The van der Waals surface area contributed by atoms with Crippen molar-refractivity contribution < 1.29 is 18.0 Å². The summed E-state index contributed by atoms with van der Waals surface area (Å²) < 4.78 is 26.3. The number of anilines is 1. The van der Waals surface area contributed by atoms with Crippen molar-refractivity contribution in [1.82, 2.24) is 10.2 Å². The van der Waals surface area contributed by atoms with Crippen LogP contribution in [-0.2, 0) is 26.2 Å². The van der Waals surface area contributed by atoms with Crippen molar-refractivity contribution in [3.8, 4) is 0 Å². The van der Waals surface area contributed by atoms with Crippen LogP contribution in [0.25, 0.3) is 0 Å². The number of carbonyl (C=O) groups excluding carboxylic acids is 2. The van der Waals surface area contributed by atoms with Crippen molar-refractivity contribution in [3.05, 3.63) is 64.2 Å². The van der Waals surface area contributed by atoms with Crippen molar-refractivity contribution in [2.45, 2.75) is 72.5 Å². The normalized spacial score (nSPS) is 13.1. The fraction of sp³-hybridized carbons (Fsp3) is 0.481. The minimum absolute atomic E-state index is 0.00582. The predicted molar refractivity (Wildman–Crippen MR) is 147 cm³/mol. The van der Waals surface area contributed by atoms with Crippen LogP contribution in [0, 0.1) is 13.8 Å². The van der Waals surface area contributed by atoms with Gasteiger partial charge in [0.1, 0.15) is 6.04 Å². The van der Waals surface area contributed by atoms with Gasteiger partial charge in [-0.05, 0) is 81.5 Å². The average Bonchev–Trinajstić information content (AvgIpc) is 2.81. The highest BCUT2D eigenvalue weighted by atomic mass is 35.5. The number of nitrogens with zero attached hydrogens (tertiary/aromatic N) is 2. The van der Waals surface area contributed by atoms with Gasteiger partial charge in [-0.15, -0.1) is 0 Å². The lowest BCUT2D eigenvalue weighted by Crippen LogP contribution is -2.49. The van der Waals surface area contributed by atoms with Gasteiger partial charge in [-0.1, -0.05) is 36.7 Å². The minimum Gasteiger partial charge on any atom is -0.352 e. The molecule has 0 unspecified atom stereocenters. The molecule has 2 rings (SSSR count). The first-order chi connectivity index (χ1) is 16.8. The lowest BCUT2D eigenvalue weighted by Gasteiger charge is -2.30. The quantitative estimate of drug-likeness (QED) is 0.421. The van der Waals surface area contributed by atoms with E-state index in [2.05, 4.69) is 5.32 Å². The lowest BCUT2D eigenvalue weighted by atomic mass is 10.1. The second-order valence-corrected chi connectivity index (χ2v) is 11.7. The maximum Gasteiger partial charge on any atom is 0.242 e. The number of halogens is 1. The molecule has 0 radical (unpaired) electrons. The smallest absolute Gasteiger partial charge is 0.242 e. The number of benzene rings is 2. The summed E-state index contributed by atoms with van der Waals surface area (Å²) in [5.74, 6) is -0.440. The lowest BCUT2D eigenvalue weighted by molar-refractivity contribution is -0.140. The number of carbonyl (C=O) groups is 2. The van der Waals surface area contributed by atoms with Crippen LogP contribution in [0.4, 0.5) is 5.69 Å². The Morgan fingerprint density at radius 3 is 2.22 bits per heavy atom. The molecule has 0 spiro atoms. The standard InChI is InChI=1S/C27H38ClN3O4S/c1-7-21(4)29-27(33)22(5)30(18-23-11-13-24(28)14-12-23)26(32)9-8-16-31(36(6,34)35)25-15-10-19(2)20(3)17-25/h10-15,17,21-22H,7-9,16,18H2,1-6H3,(H,29,33)/t21-,22-/m1/s1. The molecule has 0 bridgehead atoms. The highest BCUT2D eigenvalue weighted by Gasteiger charge is 2.27. The van der Waals surface area contributed by atoms with Crippen LogP contribution in [0.5, 0.6) is 0 Å². The van der Waals surface area contributed by atoms with Gasteiger partial charge in [0, 0.05) is 30.6 Å². The van der Waals surface area contributed by atoms with E-state index in [9.17, 15) is 18.0 Å². The van der Waals surface area contributed by atoms with E-state index in [4.69, 9.17) is 11.6 Å². The molecule has 0 saturated heterocycles. The van der Waals surface area contributed by atoms with Crippen LogP contribution in [-0.4, -0.2) is 50.0 Å². The van der Waals surface area contributed by atoms with Crippen LogP contribution < -0.4 is 9.62 Å². The molecule has 9 heteroatoms. The van der Waals surface area contributed by atoms with Crippen molar-refractivity contribution in [2.75, 3.05) is 17.1 Å². The summed E-state index contributed by atoms with van der Waals surface area (Å²) in [6.45, 7) is 9.92. The van der Waals surface area contributed by atoms with Crippen LogP contribution in [0.3, 0.4) is 0 Å². The number of hydrogen-bond donors (Lipinski definition) is 1. The molecular weight excluding hydrogens is 498 g/mol. The van der Waals surface area contributed by atoms with Crippen LogP contribution in [0.1, 0.15) is 56.7 Å². The molecule has 36 heavy (non-hydrogen) atoms. The third kappa shape index (κ3) is 8.52. The average molecular weight is 536 g/mol. The summed E-state index contributed by atoms with van der Waals surface area (Å²) in [7, 11) is -3.53. The molecule has 198 valence electrons. The molecule has 0 aromatic heterocycles. The number of amides is 2. The van der Waals surface area contributed by atoms with E-state index in [0.717, 1.165) is 29.4 Å². The van der Waals surface area contributed by atoms with Gasteiger partial charge in [0.15, 0.2) is 0 Å². The molecular formula is C27H38ClN3O4S. The van der Waals surface area contributed by atoms with Crippen molar-refractivity contribution in [2.24, 2.45) is 0 Å². The van der Waals surface area contributed by atoms with E-state index >= 15 is 0 Å². The molecule has 2 atom stereocenters. The van der Waals surface area contributed by atoms with Gasteiger partial charge >= 0.3 is 0 Å². The van der Waals surface area contributed by atoms with Crippen LogP contribution in [0.2, 0.25) is 5.02 Å². The maximum absolute atomic E-state index is 13.3. The monoisotopic (exact) mass is 535 g/mol. The molecule has 0 saturated carbocycles. The third-order valence-electron chi connectivity index (χ3n) is 6.37. The van der Waals surface area contributed by atoms with E-state index in [1.165, 1.54) is 4.31 Å². The number of sulfonamides is 1. The Morgan fingerprint density at radius 1 is 1.03 bits per heavy atom. The van der Waals surface area contributed by atoms with Gasteiger partial charge in [-0.3, -0.25) is 13.9 Å². The van der Waals surface area contributed by atoms with Gasteiger partial charge in [0.05, 0.1) is 11.9 Å². The number of nitrogens with one attached hydrogen (secondary N) is 1. The summed E-state index contributed by atoms with van der Waals surface area (Å²) in [5.41, 5.74) is 3.49. The second kappa shape index (κ2) is 13.1. The molecule has 0 heterocycles. The van der Waals surface area contributed by atoms with Crippen molar-refractivity contribution in [3.63, 3.8) is 0 Å². The van der Waals surface area contributed by atoms with Gasteiger partial charge in [-0.2, -0.15) is 0 Å². The van der Waals surface area contributed by atoms with Gasteiger partial charge in [0.2, 0.25) is 21.8 Å². The molecule has 0 aliphatic heterocycles. The Morgan fingerprint density at radius 2 is 1.67 bits per heavy atom. The Bertz CT molecular complexity index is 1150. The van der Waals surface area contributed by atoms with Gasteiger partial charge < -0.3 is 10.2 Å². The minimum atomic E-state index is -3.53. The molecule has 7 nitrogen and oxygen atoms in total. The van der Waals surface area contributed by atoms with Gasteiger partial charge in [-0.25, -0.2) is 8.42 Å². The molecule has 2 aromatic carbocycles. The fourth-order valence-electron chi connectivity index (χ4n) is 3.72. The molecule has 0 aliphatic rings. The van der Waals surface area contributed by atoms with Crippen molar-refractivity contribution in [1.29, 1.82) is 0 Å². The zero-order valence-electron chi connectivity index (χ0n) is 22.0. The Balaban J connectivity index is 2.18. The summed E-state index contributed by atoms with van der Waals surface area (Å²) >= 11 is 6.00. The third-order valence-corrected chi connectivity index (χ3v) is 7.81. The predicted octanol–water partition coefficient (Wildman–Crippen LogP) is 4.84. The largest absolute Gasteiger partial charge is 0.352 e. The highest BCUT2D eigenvalue weighted by Crippen LogP contribution is 2.22. The number of rotatable bonds is 12. The molecule has 0 aliphatic carbocycles. The highest BCUT2D eigenvalue weighted by molar-refractivity contribution is 7.92. The fourth-order valence-corrected chi connectivity index (χ4v) is 4.80. The van der Waals surface area contributed by atoms with Crippen molar-refractivity contribution >= 4 is 39.1 Å². The van der Waals surface area contributed by atoms with Crippen LogP contribution in [0.15, 0.2) is 42.5 Å². The Hall–Kier alpha value is -2.58. The molecule has 0 fully saturated rings. The second-order valence-electron chi connectivity index (χ2n) is 9.35. The summed E-state index contributed by atoms with van der Waals surface area (Å²) in [5, 5.41) is 3.53. The van der Waals surface area contributed by atoms with E-state index in [1.807, 2.05) is 52.0 Å². The number of hydrogen-bond acceptors (Lipinski definition) is 4. The summed E-state index contributed by atoms with van der Waals surface area (Å²) in [6.07, 6.45) is 2.36. The summed E-state index contributed by atoms with van der Waals surface area (Å²) in [6, 6.07) is 12.0. The first-order valence-electron chi connectivity index (χ1n) is 12.2. The zero-order valence-corrected chi connectivity index (χ0v) is 23.6. The van der Waals surface area contributed by atoms with Gasteiger partial charge in [0.25, 0.3) is 0 Å². The van der Waals surface area contributed by atoms with E-state index < -0.39 is 16.1 Å². The Labute approximate surface area is 220 Å². The SMILES string of the molecule is CC[C@@H](C)NC(=O)[C@@H](C)N(Cc1ccc(Cl)cc1)C(=O)CCCN(c1ccc(C)c(C)c1)S(C)(=O)=O. The zero-order chi connectivity index (χ0) is 27.0. The number of aryl methyl sites for hydroxylation is 2. The van der Waals surface area contributed by atoms with E-state index in [0.29, 0.717) is 17.1 Å². The first-order valence-corrected chi connectivity index (χ1v) is 14.4. The van der Waals surface area contributed by atoms with E-state index in [-0.39, 0.29) is 37.4 Å². The maximum atomic E-state index is 13.3. The molecule has 1 N–H and O–H groups in total.